The molecule has 0 bridgehead atoms. The lowest BCUT2D eigenvalue weighted by molar-refractivity contribution is 0.273. The summed E-state index contributed by atoms with van der Waals surface area (Å²) in [6.07, 6.45) is 0. The van der Waals surface area contributed by atoms with Gasteiger partial charge in [0.2, 0.25) is 0 Å². The molecule has 19 heavy (non-hydrogen) atoms. The van der Waals surface area contributed by atoms with Gasteiger partial charge in [-0.15, -0.1) is 0 Å². The van der Waals surface area contributed by atoms with Crippen LogP contribution in [0.4, 0.5) is 5.69 Å². The summed E-state index contributed by atoms with van der Waals surface area (Å²) in [6, 6.07) is 17.2. The molecule has 1 N–H and O–H groups in total. The Labute approximate surface area is 114 Å². The maximum atomic E-state index is 9.18. The normalized spacial score (nSPS) is 15.4. The van der Waals surface area contributed by atoms with Gasteiger partial charge in [-0.2, -0.15) is 0 Å². The van der Waals surface area contributed by atoms with Gasteiger partial charge in [0.05, 0.1) is 0 Å². The maximum Gasteiger partial charge on any atom is 0.0497 e. The molecule has 1 unspecified atom stereocenters. The molecule has 0 aromatic heterocycles. The summed E-state index contributed by atoms with van der Waals surface area (Å²) in [5.74, 6) is 0.213. The molecule has 1 heterocycles. The Morgan fingerprint density at radius 2 is 1.58 bits per heavy atom. The predicted octanol–water partition coefficient (Wildman–Crippen LogP) is 3.30. The highest BCUT2D eigenvalue weighted by Crippen LogP contribution is 2.29. The van der Waals surface area contributed by atoms with Gasteiger partial charge in [0, 0.05) is 31.3 Å². The fraction of sp³-hybridized carbons (Fsp3) is 0.294. The van der Waals surface area contributed by atoms with Gasteiger partial charge >= 0.3 is 0 Å². The van der Waals surface area contributed by atoms with Gasteiger partial charge in [0.25, 0.3) is 0 Å². The van der Waals surface area contributed by atoms with Crippen molar-refractivity contribution in [2.75, 3.05) is 11.5 Å². The number of anilines is 1. The first-order valence-corrected chi connectivity index (χ1v) is 6.80. The second-order valence-electron chi connectivity index (χ2n) is 5.30. The van der Waals surface area contributed by atoms with Crippen molar-refractivity contribution in [3.05, 3.63) is 65.2 Å². The molecule has 3 rings (SSSR count). The quantitative estimate of drug-likeness (QED) is 0.907. The number of fused-ring (bicyclic) bond motifs is 1. The van der Waals surface area contributed by atoms with Crippen LogP contribution in [0.5, 0.6) is 0 Å². The summed E-state index contributed by atoms with van der Waals surface area (Å²) in [6.45, 7) is 4.23. The molecule has 0 fully saturated rings. The van der Waals surface area contributed by atoms with Gasteiger partial charge in [0.15, 0.2) is 0 Å². The van der Waals surface area contributed by atoms with Crippen molar-refractivity contribution in [3.8, 4) is 0 Å². The molecule has 0 radical (unpaired) electrons. The third-order valence-corrected chi connectivity index (χ3v) is 3.94. The van der Waals surface area contributed by atoms with Crippen LogP contribution in [0.2, 0.25) is 0 Å². The lowest BCUT2D eigenvalue weighted by atomic mass is 10.0. The first-order valence-electron chi connectivity index (χ1n) is 6.80. The van der Waals surface area contributed by atoms with Crippen molar-refractivity contribution in [3.63, 3.8) is 0 Å². The first kappa shape index (κ1) is 12.2. The number of benzene rings is 2. The summed E-state index contributed by atoms with van der Waals surface area (Å²) in [5.41, 5.74) is 5.30. The van der Waals surface area contributed by atoms with E-state index in [0.717, 1.165) is 13.1 Å². The number of hydrogen-bond donors (Lipinski definition) is 1. The summed E-state index contributed by atoms with van der Waals surface area (Å²) in [4.78, 5) is 2.39. The molecular formula is C17H19NO. The van der Waals surface area contributed by atoms with Gasteiger partial charge in [-0.05, 0) is 28.8 Å². The predicted molar refractivity (Wildman–Crippen MR) is 78.3 cm³/mol. The van der Waals surface area contributed by atoms with E-state index in [0.29, 0.717) is 0 Å². The topological polar surface area (TPSA) is 23.5 Å². The molecule has 0 saturated carbocycles. The van der Waals surface area contributed by atoms with Crippen LogP contribution in [0.15, 0.2) is 48.5 Å². The highest BCUT2D eigenvalue weighted by atomic mass is 16.3. The zero-order valence-electron chi connectivity index (χ0n) is 11.2. The van der Waals surface area contributed by atoms with Crippen molar-refractivity contribution in [1.29, 1.82) is 0 Å². The van der Waals surface area contributed by atoms with Crippen LogP contribution in [-0.2, 0) is 13.1 Å². The minimum Gasteiger partial charge on any atom is -0.396 e. The number of hydrogen-bond acceptors (Lipinski definition) is 2. The van der Waals surface area contributed by atoms with E-state index in [1.165, 1.54) is 22.4 Å². The van der Waals surface area contributed by atoms with E-state index in [9.17, 15) is 5.11 Å². The monoisotopic (exact) mass is 253 g/mol. The Kier molecular flexibility index (Phi) is 3.26. The Hall–Kier alpha value is -1.80. The molecule has 98 valence electrons. The van der Waals surface area contributed by atoms with Crippen molar-refractivity contribution >= 4 is 5.69 Å². The minimum absolute atomic E-state index is 0.203. The Morgan fingerprint density at radius 3 is 2.11 bits per heavy atom. The Morgan fingerprint density at radius 1 is 1.00 bits per heavy atom. The van der Waals surface area contributed by atoms with E-state index in [1.807, 2.05) is 6.92 Å². The molecule has 0 amide bonds. The van der Waals surface area contributed by atoms with Gasteiger partial charge in [-0.3, -0.25) is 0 Å². The summed E-state index contributed by atoms with van der Waals surface area (Å²) < 4.78 is 0. The number of rotatable bonds is 3. The van der Waals surface area contributed by atoms with E-state index in [-0.39, 0.29) is 12.5 Å². The molecule has 0 aliphatic carbocycles. The van der Waals surface area contributed by atoms with Crippen molar-refractivity contribution < 1.29 is 5.11 Å². The zero-order valence-corrected chi connectivity index (χ0v) is 11.2. The van der Waals surface area contributed by atoms with Gasteiger partial charge in [-0.25, -0.2) is 0 Å². The third-order valence-electron chi connectivity index (χ3n) is 3.94. The molecular weight excluding hydrogens is 234 g/mol. The smallest absolute Gasteiger partial charge is 0.0497 e. The summed E-state index contributed by atoms with van der Waals surface area (Å²) in [5, 5.41) is 9.18. The average molecular weight is 253 g/mol. The van der Waals surface area contributed by atoms with Crippen LogP contribution in [-0.4, -0.2) is 11.7 Å². The molecule has 0 saturated heterocycles. The van der Waals surface area contributed by atoms with E-state index in [2.05, 4.69) is 53.4 Å². The van der Waals surface area contributed by atoms with E-state index in [1.54, 1.807) is 0 Å². The molecule has 1 atom stereocenters. The van der Waals surface area contributed by atoms with Crippen LogP contribution in [0, 0.1) is 0 Å². The molecule has 2 aromatic rings. The first-order chi connectivity index (χ1) is 9.28. The van der Waals surface area contributed by atoms with E-state index in [4.69, 9.17) is 0 Å². The van der Waals surface area contributed by atoms with Crippen LogP contribution < -0.4 is 4.90 Å². The van der Waals surface area contributed by atoms with Crippen molar-refractivity contribution in [2.24, 2.45) is 0 Å². The average Bonchev–Trinajstić information content (AvgIpc) is 2.90. The number of nitrogens with zero attached hydrogens (tertiary/aromatic N) is 1. The lowest BCUT2D eigenvalue weighted by Crippen LogP contribution is -2.14. The second kappa shape index (κ2) is 5.06. The number of aliphatic hydroxyl groups excluding tert-OH is 1. The van der Waals surface area contributed by atoms with Crippen molar-refractivity contribution in [2.45, 2.75) is 25.9 Å². The molecule has 2 nitrogen and oxygen atoms in total. The Balaban J connectivity index is 1.78. The summed E-state index contributed by atoms with van der Waals surface area (Å²) >= 11 is 0. The second-order valence-corrected chi connectivity index (χ2v) is 5.30. The van der Waals surface area contributed by atoms with Gasteiger partial charge in [0.1, 0.15) is 0 Å². The third kappa shape index (κ3) is 2.36. The fourth-order valence-electron chi connectivity index (χ4n) is 2.63. The van der Waals surface area contributed by atoms with Crippen LogP contribution >= 0.6 is 0 Å². The van der Waals surface area contributed by atoms with E-state index >= 15 is 0 Å². The Bertz CT molecular complexity index is 537. The number of aliphatic hydroxyl groups is 1. The largest absolute Gasteiger partial charge is 0.396 e. The standard InChI is InChI=1S/C17H19NO/c1-13(12-19)14-6-8-17(9-7-14)18-10-15-4-2-3-5-16(15)11-18/h2-9,13,19H,10-12H2,1H3. The van der Waals surface area contributed by atoms with Gasteiger partial charge < -0.3 is 10.0 Å². The van der Waals surface area contributed by atoms with E-state index < -0.39 is 0 Å². The van der Waals surface area contributed by atoms with Crippen LogP contribution in [0.25, 0.3) is 0 Å². The molecule has 2 heteroatoms. The molecule has 1 aliphatic heterocycles. The van der Waals surface area contributed by atoms with Crippen LogP contribution in [0.3, 0.4) is 0 Å². The summed E-state index contributed by atoms with van der Waals surface area (Å²) in [7, 11) is 0. The molecule has 1 aliphatic rings. The van der Waals surface area contributed by atoms with Crippen LogP contribution in [0.1, 0.15) is 29.5 Å². The fourth-order valence-corrected chi connectivity index (χ4v) is 2.63. The van der Waals surface area contributed by atoms with Crippen molar-refractivity contribution in [1.82, 2.24) is 0 Å². The highest BCUT2D eigenvalue weighted by molar-refractivity contribution is 5.52. The minimum atomic E-state index is 0.203. The molecule has 0 spiro atoms. The van der Waals surface area contributed by atoms with Gasteiger partial charge in [-0.1, -0.05) is 43.3 Å². The molecule has 2 aromatic carbocycles. The maximum absolute atomic E-state index is 9.18. The highest BCUT2D eigenvalue weighted by Gasteiger charge is 2.18. The SMILES string of the molecule is CC(CO)c1ccc(N2Cc3ccccc3C2)cc1. The lowest BCUT2D eigenvalue weighted by Gasteiger charge is -2.19. The zero-order chi connectivity index (χ0) is 13.2.